The lowest BCUT2D eigenvalue weighted by Crippen LogP contribution is -2.57. The molecule has 8 nitrogen and oxygen atoms in total. The van der Waals surface area contributed by atoms with E-state index in [1.54, 1.807) is 36.4 Å². The minimum atomic E-state index is -4.42. The van der Waals surface area contributed by atoms with Gasteiger partial charge in [0.1, 0.15) is 23.6 Å². The van der Waals surface area contributed by atoms with E-state index in [4.69, 9.17) is 4.74 Å². The van der Waals surface area contributed by atoms with E-state index >= 15 is 0 Å². The molecule has 3 atom stereocenters. The van der Waals surface area contributed by atoms with Crippen LogP contribution in [-0.4, -0.2) is 55.1 Å². The zero-order chi connectivity index (χ0) is 31.8. The van der Waals surface area contributed by atoms with Gasteiger partial charge in [-0.2, -0.15) is 13.2 Å². The fraction of sp³-hybridized carbons (Fsp3) is 0.382. The van der Waals surface area contributed by atoms with E-state index in [0.29, 0.717) is 17.9 Å². The molecule has 0 unspecified atom stereocenters. The molecule has 1 fully saturated rings. The van der Waals surface area contributed by atoms with Crippen LogP contribution in [0.25, 0.3) is 0 Å². The number of carbonyl (C=O) groups excluding carboxylic acids is 3. The SMILES string of the molecule is O=C(N[C@H]1Cc2cccc(c2)Oc2cccc(c2)C[C@@H](CNCC(F)(F)F)NC(=O)[C@H](CCc2ccccc2)NC1=O)C1CC1. The fourth-order valence-corrected chi connectivity index (χ4v) is 5.33. The van der Waals surface area contributed by atoms with Gasteiger partial charge in [-0.15, -0.1) is 0 Å². The maximum Gasteiger partial charge on any atom is 0.401 e. The van der Waals surface area contributed by atoms with E-state index in [2.05, 4.69) is 21.3 Å². The third-order valence-corrected chi connectivity index (χ3v) is 7.80. The molecular formula is C34H37F3N4O4. The normalized spacial score (nSPS) is 20.8. The van der Waals surface area contributed by atoms with Crippen LogP contribution in [0, 0.1) is 5.92 Å². The molecule has 1 saturated carbocycles. The molecule has 5 rings (SSSR count). The van der Waals surface area contributed by atoms with Gasteiger partial charge in [0.15, 0.2) is 0 Å². The maximum absolute atomic E-state index is 13.8. The summed E-state index contributed by atoms with van der Waals surface area (Å²) >= 11 is 0. The molecule has 0 radical (unpaired) electrons. The van der Waals surface area contributed by atoms with E-state index in [1.165, 1.54) is 0 Å². The number of nitrogens with one attached hydrogen (secondary N) is 4. The first-order valence-electron chi connectivity index (χ1n) is 15.2. The van der Waals surface area contributed by atoms with Gasteiger partial charge in [-0.1, -0.05) is 54.6 Å². The number of benzene rings is 3. The third-order valence-electron chi connectivity index (χ3n) is 7.80. The zero-order valence-electron chi connectivity index (χ0n) is 24.7. The lowest BCUT2D eigenvalue weighted by molar-refractivity contribution is -0.132. The van der Waals surface area contributed by atoms with Crippen molar-refractivity contribution in [2.45, 2.75) is 62.8 Å². The molecule has 1 aliphatic heterocycles. The summed E-state index contributed by atoms with van der Waals surface area (Å²) < 4.78 is 45.0. The van der Waals surface area contributed by atoms with Crippen molar-refractivity contribution in [3.63, 3.8) is 0 Å². The van der Waals surface area contributed by atoms with Crippen molar-refractivity contribution < 1.29 is 32.3 Å². The summed E-state index contributed by atoms with van der Waals surface area (Å²) in [4.78, 5) is 40.3. The minimum Gasteiger partial charge on any atom is -0.457 e. The first-order chi connectivity index (χ1) is 21.6. The minimum absolute atomic E-state index is 0.137. The molecule has 1 aliphatic carbocycles. The van der Waals surface area contributed by atoms with E-state index in [1.807, 2.05) is 42.5 Å². The number of hydrogen-bond acceptors (Lipinski definition) is 5. The average molecular weight is 623 g/mol. The molecule has 3 aromatic rings. The zero-order valence-corrected chi connectivity index (χ0v) is 24.7. The molecule has 3 amide bonds. The third kappa shape index (κ3) is 10.1. The number of ether oxygens (including phenoxy) is 1. The van der Waals surface area contributed by atoms with Crippen LogP contribution in [0.2, 0.25) is 0 Å². The number of alkyl halides is 3. The molecule has 4 bridgehead atoms. The fourth-order valence-electron chi connectivity index (χ4n) is 5.33. The number of amides is 3. The Morgan fingerprint density at radius 1 is 0.844 bits per heavy atom. The smallest absolute Gasteiger partial charge is 0.401 e. The molecule has 11 heteroatoms. The van der Waals surface area contributed by atoms with Gasteiger partial charge in [0, 0.05) is 24.9 Å². The van der Waals surface area contributed by atoms with Gasteiger partial charge in [-0.3, -0.25) is 14.4 Å². The van der Waals surface area contributed by atoms with E-state index in [9.17, 15) is 27.6 Å². The largest absolute Gasteiger partial charge is 0.457 e. The number of fused-ring (bicyclic) bond motifs is 4. The van der Waals surface area contributed by atoms with Gasteiger partial charge in [-0.05, 0) is 73.1 Å². The second kappa shape index (κ2) is 14.6. The molecule has 2 aliphatic rings. The Balaban J connectivity index is 1.46. The Labute approximate surface area is 260 Å². The van der Waals surface area contributed by atoms with Crippen molar-refractivity contribution in [3.05, 3.63) is 95.6 Å². The van der Waals surface area contributed by atoms with Crippen LogP contribution in [0.4, 0.5) is 13.2 Å². The van der Waals surface area contributed by atoms with Crippen LogP contribution in [0.3, 0.4) is 0 Å². The molecule has 238 valence electrons. The van der Waals surface area contributed by atoms with Gasteiger partial charge < -0.3 is 26.0 Å². The summed E-state index contributed by atoms with van der Waals surface area (Å²) in [6, 6.07) is 21.2. The van der Waals surface area contributed by atoms with Gasteiger partial charge in [-0.25, -0.2) is 0 Å². The highest BCUT2D eigenvalue weighted by atomic mass is 19.4. The van der Waals surface area contributed by atoms with Crippen LogP contribution >= 0.6 is 0 Å². The van der Waals surface area contributed by atoms with Gasteiger partial charge >= 0.3 is 6.18 Å². The summed E-state index contributed by atoms with van der Waals surface area (Å²) in [6.07, 6.45) is -1.81. The van der Waals surface area contributed by atoms with Crippen LogP contribution in [0.1, 0.15) is 36.0 Å². The Morgan fingerprint density at radius 2 is 1.51 bits per heavy atom. The monoisotopic (exact) mass is 622 g/mol. The highest BCUT2D eigenvalue weighted by molar-refractivity contribution is 5.93. The maximum atomic E-state index is 13.8. The molecule has 45 heavy (non-hydrogen) atoms. The van der Waals surface area contributed by atoms with E-state index in [0.717, 1.165) is 29.5 Å². The number of hydrogen-bond donors (Lipinski definition) is 4. The molecule has 0 spiro atoms. The Morgan fingerprint density at radius 3 is 2.16 bits per heavy atom. The molecule has 4 N–H and O–H groups in total. The van der Waals surface area contributed by atoms with Crippen molar-refractivity contribution in [3.8, 4) is 11.5 Å². The Bertz CT molecular complexity index is 1480. The number of carbonyl (C=O) groups is 3. The summed E-state index contributed by atoms with van der Waals surface area (Å²) in [7, 11) is 0. The number of halogens is 3. The van der Waals surface area contributed by atoms with Gasteiger partial charge in [0.25, 0.3) is 0 Å². The second-order valence-electron chi connectivity index (χ2n) is 11.7. The Hall–Kier alpha value is -4.38. The van der Waals surface area contributed by atoms with Crippen molar-refractivity contribution in [2.75, 3.05) is 13.1 Å². The summed E-state index contributed by atoms with van der Waals surface area (Å²) in [5.74, 6) is -0.347. The molecular weight excluding hydrogens is 585 g/mol. The molecule has 0 saturated heterocycles. The lowest BCUT2D eigenvalue weighted by atomic mass is 10.0. The summed E-state index contributed by atoms with van der Waals surface area (Å²) in [6.45, 7) is -1.37. The van der Waals surface area contributed by atoms with Gasteiger partial charge in [0.2, 0.25) is 17.7 Å². The predicted molar refractivity (Wildman–Crippen MR) is 163 cm³/mol. The highest BCUT2D eigenvalue weighted by Gasteiger charge is 2.34. The Kier molecular flexibility index (Phi) is 10.4. The average Bonchev–Trinajstić information content (AvgIpc) is 3.85. The highest BCUT2D eigenvalue weighted by Crippen LogP contribution is 2.29. The van der Waals surface area contributed by atoms with Crippen LogP contribution in [-0.2, 0) is 33.6 Å². The first kappa shape index (κ1) is 32.0. The van der Waals surface area contributed by atoms with Gasteiger partial charge in [0.05, 0.1) is 6.54 Å². The van der Waals surface area contributed by atoms with Crippen LogP contribution in [0.5, 0.6) is 11.5 Å². The van der Waals surface area contributed by atoms with Crippen molar-refractivity contribution in [1.82, 2.24) is 21.3 Å². The standard InChI is InChI=1S/C34H37F3N4O4/c35-34(36,37)21-38-20-26-16-23-8-4-10-27(17-23)45-28-11-5-9-24(18-28)19-30(41-31(42)25-13-14-25)33(44)40-29(32(43)39-26)15-12-22-6-2-1-3-7-22/h1-11,17-18,25-26,29-30,38H,12-16,19-21H2,(H,39,43)(H,40,44)(H,41,42)/t26-,29-,30-/m0/s1. The van der Waals surface area contributed by atoms with E-state index in [-0.39, 0.29) is 37.6 Å². The molecule has 1 heterocycles. The van der Waals surface area contributed by atoms with Crippen LogP contribution < -0.4 is 26.0 Å². The van der Waals surface area contributed by atoms with Crippen LogP contribution in [0.15, 0.2) is 78.9 Å². The summed E-state index contributed by atoms with van der Waals surface area (Å²) in [5.41, 5.74) is 2.47. The number of aryl methyl sites for hydroxylation is 1. The lowest BCUT2D eigenvalue weighted by Gasteiger charge is -2.27. The topological polar surface area (TPSA) is 109 Å². The molecule has 0 aromatic heterocycles. The van der Waals surface area contributed by atoms with Crippen molar-refractivity contribution in [1.29, 1.82) is 0 Å². The van der Waals surface area contributed by atoms with Crippen molar-refractivity contribution >= 4 is 17.7 Å². The quantitative estimate of drug-likeness (QED) is 0.301. The number of rotatable bonds is 8. The molecule has 3 aromatic carbocycles. The second-order valence-corrected chi connectivity index (χ2v) is 11.7. The first-order valence-corrected chi connectivity index (χ1v) is 15.2. The summed E-state index contributed by atoms with van der Waals surface area (Å²) in [5, 5.41) is 11.0. The van der Waals surface area contributed by atoms with E-state index < -0.39 is 42.7 Å². The van der Waals surface area contributed by atoms with Crippen molar-refractivity contribution in [2.24, 2.45) is 5.92 Å². The predicted octanol–water partition coefficient (Wildman–Crippen LogP) is 4.23.